The molecule has 6 nitrogen and oxygen atoms in total. The van der Waals surface area contributed by atoms with Crippen LogP contribution in [0.2, 0.25) is 0 Å². The first-order valence-electron chi connectivity index (χ1n) is 9.85. The molecular weight excluding hydrogens is 342 g/mol. The van der Waals surface area contributed by atoms with E-state index < -0.39 is 0 Å². The van der Waals surface area contributed by atoms with E-state index in [0.29, 0.717) is 18.9 Å². The summed E-state index contributed by atoms with van der Waals surface area (Å²) in [7, 11) is 1.70. The van der Waals surface area contributed by atoms with Gasteiger partial charge in [-0.3, -0.25) is 14.5 Å². The number of benzene rings is 1. The lowest BCUT2D eigenvalue weighted by molar-refractivity contribution is -0.128. The van der Waals surface area contributed by atoms with E-state index in [1.54, 1.807) is 7.11 Å². The number of nitrogens with one attached hydrogen (secondary N) is 1. The lowest BCUT2D eigenvalue weighted by atomic mass is 9.77. The van der Waals surface area contributed by atoms with Crippen LogP contribution in [0.15, 0.2) is 24.3 Å². The summed E-state index contributed by atoms with van der Waals surface area (Å²) in [6.07, 6.45) is 3.80. The molecule has 2 heterocycles. The predicted octanol–water partition coefficient (Wildman–Crippen LogP) is 2.50. The highest BCUT2D eigenvalue weighted by Crippen LogP contribution is 2.41. The molecule has 1 N–H and O–H groups in total. The zero-order valence-electron chi connectivity index (χ0n) is 16.5. The summed E-state index contributed by atoms with van der Waals surface area (Å²) in [5, 5.41) is 2.80. The Morgan fingerprint density at radius 2 is 1.93 bits per heavy atom. The maximum atomic E-state index is 12.4. The number of carbonyl (C=O) groups is 2. The van der Waals surface area contributed by atoms with E-state index in [9.17, 15) is 9.59 Å². The molecule has 148 valence electrons. The molecule has 6 heteroatoms. The number of carbonyl (C=O) groups excluding carboxylic acids is 2. The largest absolute Gasteiger partial charge is 0.385 e. The van der Waals surface area contributed by atoms with Crippen molar-refractivity contribution >= 4 is 17.5 Å². The fourth-order valence-electron chi connectivity index (χ4n) is 4.26. The van der Waals surface area contributed by atoms with Crippen LogP contribution in [0, 0.1) is 5.41 Å². The van der Waals surface area contributed by atoms with Crippen LogP contribution < -0.4 is 5.32 Å². The SMILES string of the molecule is COCCCN1CC2(CCN(Cc3ccc(NC(C)=O)cc3)CC2)CC1=O. The molecule has 1 aromatic carbocycles. The number of hydrogen-bond acceptors (Lipinski definition) is 4. The first-order chi connectivity index (χ1) is 13.0. The predicted molar refractivity (Wildman–Crippen MR) is 105 cm³/mol. The molecule has 0 unspecified atom stereocenters. The third-order valence-electron chi connectivity index (χ3n) is 5.78. The number of amides is 2. The topological polar surface area (TPSA) is 61.9 Å². The van der Waals surface area contributed by atoms with Crippen molar-refractivity contribution in [3.63, 3.8) is 0 Å². The zero-order valence-corrected chi connectivity index (χ0v) is 16.5. The van der Waals surface area contributed by atoms with E-state index in [0.717, 1.165) is 57.7 Å². The number of rotatable bonds is 7. The number of methoxy groups -OCH3 is 1. The summed E-state index contributed by atoms with van der Waals surface area (Å²) in [6, 6.07) is 8.06. The second-order valence-corrected chi connectivity index (χ2v) is 7.99. The fraction of sp³-hybridized carbons (Fsp3) is 0.619. The highest BCUT2D eigenvalue weighted by Gasteiger charge is 2.44. The molecule has 0 radical (unpaired) electrons. The molecule has 2 fully saturated rings. The molecule has 1 spiro atoms. The van der Waals surface area contributed by atoms with Crippen molar-refractivity contribution < 1.29 is 14.3 Å². The Balaban J connectivity index is 1.47. The van der Waals surface area contributed by atoms with Gasteiger partial charge in [-0.05, 0) is 55.5 Å². The molecule has 2 saturated heterocycles. The van der Waals surface area contributed by atoms with E-state index in [4.69, 9.17) is 4.74 Å². The van der Waals surface area contributed by atoms with E-state index in [1.165, 1.54) is 12.5 Å². The minimum Gasteiger partial charge on any atom is -0.385 e. The van der Waals surface area contributed by atoms with E-state index in [-0.39, 0.29) is 11.3 Å². The third kappa shape index (κ3) is 5.30. The molecule has 3 rings (SSSR count). The van der Waals surface area contributed by atoms with Crippen LogP contribution in [0.1, 0.15) is 38.2 Å². The van der Waals surface area contributed by atoms with Crippen molar-refractivity contribution in [3.05, 3.63) is 29.8 Å². The Bertz CT molecular complexity index is 651. The fourth-order valence-corrected chi connectivity index (χ4v) is 4.26. The zero-order chi connectivity index (χ0) is 19.3. The lowest BCUT2D eigenvalue weighted by Crippen LogP contribution is -2.41. The Kier molecular flexibility index (Phi) is 6.50. The van der Waals surface area contributed by atoms with Crippen LogP contribution in [0.3, 0.4) is 0 Å². The van der Waals surface area contributed by atoms with Crippen molar-refractivity contribution in [3.8, 4) is 0 Å². The third-order valence-corrected chi connectivity index (χ3v) is 5.78. The highest BCUT2D eigenvalue weighted by atomic mass is 16.5. The van der Waals surface area contributed by atoms with Crippen LogP contribution >= 0.6 is 0 Å². The molecule has 2 amide bonds. The summed E-state index contributed by atoms with van der Waals surface area (Å²) in [5.41, 5.74) is 2.27. The highest BCUT2D eigenvalue weighted by molar-refractivity contribution is 5.88. The molecule has 2 aliphatic heterocycles. The summed E-state index contributed by atoms with van der Waals surface area (Å²) in [5.74, 6) is 0.263. The first kappa shape index (κ1) is 19.8. The molecule has 27 heavy (non-hydrogen) atoms. The molecule has 0 aliphatic carbocycles. The molecule has 0 bridgehead atoms. The molecule has 0 atom stereocenters. The van der Waals surface area contributed by atoms with E-state index in [2.05, 4.69) is 22.3 Å². The van der Waals surface area contributed by atoms with E-state index >= 15 is 0 Å². The smallest absolute Gasteiger partial charge is 0.223 e. The van der Waals surface area contributed by atoms with Gasteiger partial charge in [0.1, 0.15) is 0 Å². The van der Waals surface area contributed by atoms with Gasteiger partial charge in [-0.15, -0.1) is 0 Å². The van der Waals surface area contributed by atoms with Crippen LogP contribution in [0.25, 0.3) is 0 Å². The van der Waals surface area contributed by atoms with Crippen molar-refractivity contribution in [2.75, 3.05) is 45.2 Å². The number of nitrogens with zero attached hydrogens (tertiary/aromatic N) is 2. The Morgan fingerprint density at radius 3 is 2.56 bits per heavy atom. The summed E-state index contributed by atoms with van der Waals surface area (Å²) < 4.78 is 5.11. The average Bonchev–Trinajstić information content (AvgIpc) is 2.94. The maximum Gasteiger partial charge on any atom is 0.223 e. The number of anilines is 1. The number of piperidine rings is 1. The Hall–Kier alpha value is -1.92. The van der Waals surface area contributed by atoms with Gasteiger partial charge in [0.05, 0.1) is 0 Å². The van der Waals surface area contributed by atoms with Gasteiger partial charge in [0.15, 0.2) is 0 Å². The van der Waals surface area contributed by atoms with Gasteiger partial charge in [0, 0.05) is 52.4 Å². The normalized spacial score (nSPS) is 19.6. The quantitative estimate of drug-likeness (QED) is 0.746. The second kappa shape index (κ2) is 8.85. The monoisotopic (exact) mass is 373 g/mol. The Labute approximate surface area is 161 Å². The second-order valence-electron chi connectivity index (χ2n) is 7.99. The van der Waals surface area contributed by atoms with Gasteiger partial charge in [-0.25, -0.2) is 0 Å². The average molecular weight is 373 g/mol. The summed E-state index contributed by atoms with van der Waals surface area (Å²) in [4.78, 5) is 28.0. The molecule has 2 aliphatic rings. The summed E-state index contributed by atoms with van der Waals surface area (Å²) >= 11 is 0. The van der Waals surface area contributed by atoms with Crippen molar-refractivity contribution in [1.29, 1.82) is 0 Å². The molecular formula is C21H31N3O3. The number of ether oxygens (including phenoxy) is 1. The van der Waals surface area contributed by atoms with Gasteiger partial charge in [0.2, 0.25) is 11.8 Å². The van der Waals surface area contributed by atoms with Crippen molar-refractivity contribution in [1.82, 2.24) is 9.80 Å². The standard InChI is InChI=1S/C21H31N3O3/c1-17(25)22-19-6-4-18(5-7-19)15-23-11-8-21(9-12-23)14-20(26)24(16-21)10-3-13-27-2/h4-7H,3,8-16H2,1-2H3,(H,22,25). The van der Waals surface area contributed by atoms with Crippen LogP contribution in [0.4, 0.5) is 5.69 Å². The minimum absolute atomic E-state index is 0.0496. The first-order valence-corrected chi connectivity index (χ1v) is 9.85. The van der Waals surface area contributed by atoms with Gasteiger partial charge in [-0.2, -0.15) is 0 Å². The summed E-state index contributed by atoms with van der Waals surface area (Å²) in [6.45, 7) is 6.95. The van der Waals surface area contributed by atoms with Gasteiger partial charge in [0.25, 0.3) is 0 Å². The van der Waals surface area contributed by atoms with Crippen LogP contribution in [0.5, 0.6) is 0 Å². The maximum absolute atomic E-state index is 12.4. The molecule has 0 aromatic heterocycles. The van der Waals surface area contributed by atoms with Crippen molar-refractivity contribution in [2.45, 2.75) is 39.2 Å². The Morgan fingerprint density at radius 1 is 1.22 bits per heavy atom. The lowest BCUT2D eigenvalue weighted by Gasteiger charge is -2.38. The van der Waals surface area contributed by atoms with Crippen molar-refractivity contribution in [2.24, 2.45) is 5.41 Å². The van der Waals surface area contributed by atoms with Crippen LogP contribution in [-0.4, -0.2) is 61.5 Å². The molecule has 0 saturated carbocycles. The van der Waals surface area contributed by atoms with Gasteiger partial charge < -0.3 is 15.0 Å². The minimum atomic E-state index is -0.0496. The van der Waals surface area contributed by atoms with Gasteiger partial charge >= 0.3 is 0 Å². The number of likely N-dealkylation sites (tertiary alicyclic amines) is 2. The molecule has 1 aromatic rings. The van der Waals surface area contributed by atoms with E-state index in [1.807, 2.05) is 17.0 Å². The van der Waals surface area contributed by atoms with Gasteiger partial charge in [-0.1, -0.05) is 12.1 Å². The number of hydrogen-bond donors (Lipinski definition) is 1. The van der Waals surface area contributed by atoms with Crippen LogP contribution in [-0.2, 0) is 20.9 Å².